The normalized spacial score (nSPS) is 28.4. The lowest BCUT2D eigenvalue weighted by Gasteiger charge is -2.44. The Morgan fingerprint density at radius 3 is 2.41 bits per heavy atom. The number of hydrogen-bond acceptors (Lipinski definition) is 14. The van der Waals surface area contributed by atoms with Crippen molar-refractivity contribution in [3.05, 3.63) is 51.6 Å². The largest absolute Gasteiger partial charge is 0.507 e. The first-order valence-electron chi connectivity index (χ1n) is 16.4. The number of benzene rings is 2. The van der Waals surface area contributed by atoms with Crippen molar-refractivity contribution in [2.24, 2.45) is 5.73 Å². The summed E-state index contributed by atoms with van der Waals surface area (Å²) in [5.41, 5.74) is 0.634. The molecule has 0 radical (unpaired) electrons. The average molecular weight is 683 g/mol. The number of carbonyl (C=O) groups excluding carboxylic acids is 4. The van der Waals surface area contributed by atoms with Gasteiger partial charge < -0.3 is 45.1 Å². The number of aliphatic hydroxyl groups excluding tert-OH is 1. The predicted molar refractivity (Wildman–Crippen MR) is 171 cm³/mol. The molecule has 2 aliphatic carbocycles. The van der Waals surface area contributed by atoms with Gasteiger partial charge in [-0.25, -0.2) is 0 Å². The first-order valence-corrected chi connectivity index (χ1v) is 16.4. The first-order chi connectivity index (χ1) is 23.1. The molecule has 49 heavy (non-hydrogen) atoms. The first kappa shape index (κ1) is 34.9. The number of phenols is 2. The highest BCUT2D eigenvalue weighted by molar-refractivity contribution is 6.31. The minimum atomic E-state index is -2.33. The van der Waals surface area contributed by atoms with Crippen LogP contribution in [0.3, 0.4) is 0 Å². The molecule has 0 aromatic heterocycles. The molecule has 6 N–H and O–H groups in total. The summed E-state index contributed by atoms with van der Waals surface area (Å²) in [6.07, 6.45) is -2.83. The molecule has 2 saturated heterocycles. The van der Waals surface area contributed by atoms with Crippen molar-refractivity contribution >= 4 is 23.3 Å². The van der Waals surface area contributed by atoms with E-state index in [1.165, 1.54) is 39.2 Å². The number of aromatic hydroxyl groups is 2. The van der Waals surface area contributed by atoms with E-state index in [4.69, 9.17) is 24.7 Å². The van der Waals surface area contributed by atoms with Gasteiger partial charge in [0.15, 0.2) is 18.7 Å². The number of nitrogens with zero attached hydrogens (tertiary/aromatic N) is 1. The van der Waals surface area contributed by atoms with Crippen molar-refractivity contribution in [2.75, 3.05) is 26.8 Å². The van der Waals surface area contributed by atoms with Crippen LogP contribution in [0.25, 0.3) is 0 Å². The maximum Gasteiger partial charge on any atom is 0.325 e. The number of esters is 1. The number of likely N-dealkylation sites (tertiary alicyclic amines) is 1. The Labute approximate surface area is 282 Å². The van der Waals surface area contributed by atoms with Crippen LogP contribution in [0.15, 0.2) is 18.2 Å². The summed E-state index contributed by atoms with van der Waals surface area (Å²) in [6.45, 7) is 5.18. The Bertz CT molecular complexity index is 1710. The molecular formula is C35H42N2O12. The van der Waals surface area contributed by atoms with Crippen LogP contribution < -0.4 is 10.5 Å². The van der Waals surface area contributed by atoms with Gasteiger partial charge >= 0.3 is 5.97 Å². The van der Waals surface area contributed by atoms with E-state index >= 15 is 0 Å². The van der Waals surface area contributed by atoms with Gasteiger partial charge in [0.05, 0.1) is 42.1 Å². The molecule has 0 saturated carbocycles. The molecule has 0 unspecified atom stereocenters. The van der Waals surface area contributed by atoms with Gasteiger partial charge in [-0.15, -0.1) is 0 Å². The van der Waals surface area contributed by atoms with E-state index in [9.17, 15) is 39.6 Å². The number of nitrogens with two attached hydrogens (primary N) is 1. The lowest BCUT2D eigenvalue weighted by Crippen LogP contribution is -2.55. The van der Waals surface area contributed by atoms with Crippen LogP contribution >= 0.6 is 0 Å². The zero-order valence-corrected chi connectivity index (χ0v) is 27.9. The van der Waals surface area contributed by atoms with E-state index in [0.717, 1.165) is 25.9 Å². The second kappa shape index (κ2) is 12.8. The number of methoxy groups -OCH3 is 1. The Morgan fingerprint density at radius 1 is 1.08 bits per heavy atom. The van der Waals surface area contributed by atoms with E-state index in [2.05, 4.69) is 4.90 Å². The molecule has 0 amide bonds. The molecule has 2 aromatic carbocycles. The Kier molecular flexibility index (Phi) is 9.09. The quantitative estimate of drug-likeness (QED) is 0.168. The summed E-state index contributed by atoms with van der Waals surface area (Å²) in [7, 11) is 1.33. The summed E-state index contributed by atoms with van der Waals surface area (Å²) in [5.74, 6) is -4.66. The fourth-order valence-corrected chi connectivity index (χ4v) is 7.43. The number of ketones is 3. The topological polar surface area (TPSA) is 215 Å². The summed E-state index contributed by atoms with van der Waals surface area (Å²) >= 11 is 0. The molecule has 2 fully saturated rings. The monoisotopic (exact) mass is 682 g/mol. The predicted octanol–water partition coefficient (Wildman–Crippen LogP) is 1.43. The third-order valence-electron chi connectivity index (χ3n) is 10.1. The van der Waals surface area contributed by atoms with Gasteiger partial charge in [-0.2, -0.15) is 0 Å². The maximum atomic E-state index is 14.0. The number of aliphatic hydroxyl groups is 2. The highest BCUT2D eigenvalue weighted by Crippen LogP contribution is 2.52. The number of ether oxygens (including phenoxy) is 4. The van der Waals surface area contributed by atoms with Gasteiger partial charge in [0.2, 0.25) is 11.6 Å². The van der Waals surface area contributed by atoms with E-state index in [0.29, 0.717) is 0 Å². The number of hydrogen-bond donors (Lipinski definition) is 5. The molecule has 2 aromatic rings. The van der Waals surface area contributed by atoms with Gasteiger partial charge in [-0.1, -0.05) is 12.1 Å². The van der Waals surface area contributed by atoms with Crippen LogP contribution in [0.5, 0.6) is 17.2 Å². The van der Waals surface area contributed by atoms with Crippen LogP contribution in [-0.4, -0.2) is 111 Å². The minimum absolute atomic E-state index is 0.0612. The van der Waals surface area contributed by atoms with Crippen molar-refractivity contribution in [1.82, 2.24) is 4.90 Å². The third-order valence-corrected chi connectivity index (χ3v) is 10.1. The Balaban J connectivity index is 1.43. The van der Waals surface area contributed by atoms with Gasteiger partial charge in [0.25, 0.3) is 0 Å². The fraction of sp³-hybridized carbons (Fsp3) is 0.543. The standard InChI is InChI=1S/C35H42N2O12/c1-16-28(39)19(37-10-5-6-11-37)12-23(48-16)49-21-14-35(45,22(38)15-47-33(44)34(2,3)36)13-18-25(21)32(43)27-26(30(18)41)29(40)17-8-7-9-20(46-4)24(17)31(27)42/h7-9,16,19,21,23,28,39,41,43,45H,5-6,10-15,36H2,1-4H3/t16-,19-,21-,23-,28+,35-/m0/s1. The summed E-state index contributed by atoms with van der Waals surface area (Å²) < 4.78 is 22.9. The molecule has 6 atom stereocenters. The lowest BCUT2D eigenvalue weighted by atomic mass is 9.72. The smallest absolute Gasteiger partial charge is 0.325 e. The van der Waals surface area contributed by atoms with Crippen LogP contribution in [0.4, 0.5) is 0 Å². The van der Waals surface area contributed by atoms with Crippen molar-refractivity contribution in [1.29, 1.82) is 0 Å². The van der Waals surface area contributed by atoms with Gasteiger partial charge in [-0.05, 0) is 52.8 Å². The van der Waals surface area contributed by atoms with Crippen LogP contribution in [0.1, 0.15) is 95.5 Å². The summed E-state index contributed by atoms with van der Waals surface area (Å²) in [6, 6.07) is 4.06. The zero-order chi connectivity index (χ0) is 35.6. The fourth-order valence-electron chi connectivity index (χ4n) is 7.43. The van der Waals surface area contributed by atoms with Crippen molar-refractivity contribution in [3.63, 3.8) is 0 Å². The van der Waals surface area contributed by atoms with Gasteiger partial charge in [0.1, 0.15) is 28.4 Å². The molecule has 264 valence electrons. The zero-order valence-electron chi connectivity index (χ0n) is 27.9. The Morgan fingerprint density at radius 2 is 1.76 bits per heavy atom. The average Bonchev–Trinajstić information content (AvgIpc) is 3.59. The number of rotatable bonds is 8. The maximum absolute atomic E-state index is 14.0. The molecule has 14 nitrogen and oxygen atoms in total. The van der Waals surface area contributed by atoms with Crippen molar-refractivity contribution < 1.29 is 58.6 Å². The van der Waals surface area contributed by atoms with Crippen molar-refractivity contribution in [3.8, 4) is 17.2 Å². The molecule has 14 heteroatoms. The summed E-state index contributed by atoms with van der Waals surface area (Å²) in [5, 5.41) is 46.4. The van der Waals surface area contributed by atoms with E-state index in [1.54, 1.807) is 6.92 Å². The minimum Gasteiger partial charge on any atom is -0.507 e. The highest BCUT2D eigenvalue weighted by Gasteiger charge is 2.51. The Hall–Kier alpha value is -3.92. The molecule has 4 aliphatic rings. The van der Waals surface area contributed by atoms with Crippen LogP contribution in [0.2, 0.25) is 0 Å². The van der Waals surface area contributed by atoms with Crippen LogP contribution in [0, 0.1) is 0 Å². The van der Waals surface area contributed by atoms with Gasteiger partial charge in [-0.3, -0.25) is 24.1 Å². The van der Waals surface area contributed by atoms with Gasteiger partial charge in [0, 0.05) is 42.0 Å². The van der Waals surface area contributed by atoms with E-state index in [1.807, 2.05) is 0 Å². The lowest BCUT2D eigenvalue weighted by molar-refractivity contribution is -0.257. The number of carbonyl (C=O) groups is 4. The third kappa shape index (κ3) is 6.00. The second-order valence-corrected chi connectivity index (χ2v) is 13.9. The second-order valence-electron chi connectivity index (χ2n) is 13.9. The molecule has 6 rings (SSSR count). The SMILES string of the molecule is COc1cccc2c1C(=O)c1c(O)c3c(c(O)c1C2=O)C[C@@](O)(C(=O)COC(=O)C(C)(C)N)C[C@@H]3O[C@H]1C[C@H](N2CCCC2)[C@H](O)[C@H](C)O1. The van der Waals surface area contributed by atoms with E-state index in [-0.39, 0.29) is 40.5 Å². The highest BCUT2D eigenvalue weighted by atomic mass is 16.7. The summed E-state index contributed by atoms with van der Waals surface area (Å²) in [4.78, 5) is 55.9. The molecule has 2 aliphatic heterocycles. The molecule has 2 heterocycles. The molecular weight excluding hydrogens is 640 g/mol. The van der Waals surface area contributed by atoms with Crippen LogP contribution in [-0.2, 0) is 30.2 Å². The van der Waals surface area contributed by atoms with E-state index < -0.39 is 101 Å². The molecule has 0 spiro atoms. The number of fused-ring (bicyclic) bond motifs is 3. The number of phenolic OH excluding ortho intramolecular Hbond substituents is 2. The number of Topliss-reactive ketones (excluding diaryl/α,β-unsaturated/α-hetero) is 1. The molecule has 0 bridgehead atoms. The van der Waals surface area contributed by atoms with Crippen molar-refractivity contribution in [2.45, 2.75) is 94.7 Å².